The third-order valence-corrected chi connectivity index (χ3v) is 5.46. The minimum Gasteiger partial charge on any atom is -0.433 e. The molecule has 0 bridgehead atoms. The molecule has 0 saturated carbocycles. The predicted molar refractivity (Wildman–Crippen MR) is 119 cm³/mol. The van der Waals surface area contributed by atoms with Crippen molar-refractivity contribution in [1.29, 1.82) is 0 Å². The second-order valence-corrected chi connectivity index (χ2v) is 7.91. The lowest BCUT2D eigenvalue weighted by Crippen LogP contribution is -2.23. The number of fused-ring (bicyclic) bond motifs is 1. The fraction of sp³-hybridized carbons (Fsp3) is 0.150. The van der Waals surface area contributed by atoms with Crippen LogP contribution in [0.2, 0.25) is 10.0 Å². The summed E-state index contributed by atoms with van der Waals surface area (Å²) in [6.45, 7) is 0.860. The normalized spacial score (nSPS) is 11.0. The third kappa shape index (κ3) is 5.75. The average molecular weight is 486 g/mol. The van der Waals surface area contributed by atoms with Crippen LogP contribution in [0.5, 0.6) is 5.75 Å². The van der Waals surface area contributed by atoms with Crippen molar-refractivity contribution in [3.63, 3.8) is 0 Å². The van der Waals surface area contributed by atoms with E-state index in [0.717, 1.165) is 11.8 Å². The Hall–Kier alpha value is -2.62. The number of thioether (sulfide) groups is 1. The number of carbonyl (C=O) groups is 1. The molecule has 0 aliphatic carbocycles. The van der Waals surface area contributed by atoms with Crippen molar-refractivity contribution < 1.29 is 18.3 Å². The molecule has 1 aromatic heterocycles. The molecule has 0 radical (unpaired) electrons. The molecule has 0 aliphatic rings. The Bertz CT molecular complexity index is 1200. The Morgan fingerprint density at radius 1 is 1.29 bits per heavy atom. The number of halogens is 4. The van der Waals surface area contributed by atoms with Crippen LogP contribution < -0.4 is 15.6 Å². The fourth-order valence-electron chi connectivity index (χ4n) is 2.67. The summed E-state index contributed by atoms with van der Waals surface area (Å²) in [7, 11) is 0. The zero-order chi connectivity index (χ0) is 22.5. The molecule has 1 heterocycles. The van der Waals surface area contributed by atoms with Crippen molar-refractivity contribution in [3.05, 3.63) is 69.5 Å². The minimum absolute atomic E-state index is 0.0669. The molecule has 162 valence electrons. The van der Waals surface area contributed by atoms with Crippen LogP contribution in [-0.2, 0) is 11.3 Å². The van der Waals surface area contributed by atoms with Gasteiger partial charge in [-0.3, -0.25) is 14.2 Å². The molecule has 0 aliphatic heterocycles. The Morgan fingerprint density at radius 3 is 2.74 bits per heavy atom. The number of benzene rings is 2. The van der Waals surface area contributed by atoms with E-state index < -0.39 is 12.5 Å². The van der Waals surface area contributed by atoms with Gasteiger partial charge in [-0.25, -0.2) is 4.98 Å². The summed E-state index contributed by atoms with van der Waals surface area (Å²) in [5, 5.41) is 3.70. The lowest BCUT2D eigenvalue weighted by Gasteiger charge is -2.12. The number of carbonyl (C=O) groups excluding carboxylic acids is 1. The standard InChI is InChI=1S/C20H15Cl2F2N3O3S/c1-2-7-27-18(29)13-5-3-11(21)8-15(13)26-20(27)31-10-17(28)25-12-4-6-16(14(22)9-12)30-19(23)24/h2-6,8-9,19H,1,7,10H2,(H,25,28). The Morgan fingerprint density at radius 2 is 2.06 bits per heavy atom. The van der Waals surface area contributed by atoms with Gasteiger partial charge in [-0.1, -0.05) is 41.0 Å². The molecule has 31 heavy (non-hydrogen) atoms. The van der Waals surface area contributed by atoms with Gasteiger partial charge < -0.3 is 10.1 Å². The summed E-state index contributed by atoms with van der Waals surface area (Å²) < 4.78 is 30.3. The Kier molecular flexibility index (Phi) is 7.53. The van der Waals surface area contributed by atoms with E-state index in [1.54, 1.807) is 24.3 Å². The van der Waals surface area contributed by atoms with Crippen LogP contribution in [0, 0.1) is 0 Å². The SMILES string of the molecule is C=CCn1c(SCC(=O)Nc2ccc(OC(F)F)c(Cl)c2)nc2cc(Cl)ccc2c1=O. The van der Waals surface area contributed by atoms with Crippen molar-refractivity contribution in [1.82, 2.24) is 9.55 Å². The van der Waals surface area contributed by atoms with Crippen LogP contribution in [-0.4, -0.2) is 27.8 Å². The first-order valence-corrected chi connectivity index (χ1v) is 10.5. The van der Waals surface area contributed by atoms with Gasteiger partial charge in [0.1, 0.15) is 5.75 Å². The number of aromatic nitrogens is 2. The average Bonchev–Trinajstić information content (AvgIpc) is 2.70. The number of anilines is 1. The van der Waals surface area contributed by atoms with Gasteiger partial charge in [0, 0.05) is 17.3 Å². The van der Waals surface area contributed by atoms with Gasteiger partial charge in [0.25, 0.3) is 5.56 Å². The van der Waals surface area contributed by atoms with Crippen molar-refractivity contribution in [2.75, 3.05) is 11.1 Å². The fourth-order valence-corrected chi connectivity index (χ4v) is 3.87. The topological polar surface area (TPSA) is 73.2 Å². The van der Waals surface area contributed by atoms with Gasteiger partial charge in [-0.2, -0.15) is 8.78 Å². The van der Waals surface area contributed by atoms with Crippen LogP contribution in [0.25, 0.3) is 10.9 Å². The van der Waals surface area contributed by atoms with E-state index in [4.69, 9.17) is 23.2 Å². The zero-order valence-electron chi connectivity index (χ0n) is 15.8. The maximum absolute atomic E-state index is 12.8. The lowest BCUT2D eigenvalue weighted by molar-refractivity contribution is -0.113. The number of alkyl halides is 2. The smallest absolute Gasteiger partial charge is 0.387 e. The second-order valence-electron chi connectivity index (χ2n) is 6.12. The molecule has 0 spiro atoms. The summed E-state index contributed by atoms with van der Waals surface area (Å²) >= 11 is 12.9. The van der Waals surface area contributed by atoms with E-state index in [-0.39, 0.29) is 28.6 Å². The summed E-state index contributed by atoms with van der Waals surface area (Å²) in [6.07, 6.45) is 1.56. The molecule has 6 nitrogen and oxygen atoms in total. The highest BCUT2D eigenvalue weighted by atomic mass is 35.5. The van der Waals surface area contributed by atoms with Crippen molar-refractivity contribution in [2.24, 2.45) is 0 Å². The molecule has 0 atom stereocenters. The van der Waals surface area contributed by atoms with Gasteiger partial charge in [-0.05, 0) is 36.4 Å². The van der Waals surface area contributed by atoms with Crippen molar-refractivity contribution >= 4 is 57.5 Å². The highest BCUT2D eigenvalue weighted by Gasteiger charge is 2.14. The predicted octanol–water partition coefficient (Wildman–Crippen LogP) is 5.22. The molecule has 0 unspecified atom stereocenters. The van der Waals surface area contributed by atoms with Gasteiger partial charge in [0.05, 0.1) is 21.7 Å². The van der Waals surface area contributed by atoms with Gasteiger partial charge >= 0.3 is 6.61 Å². The molecule has 1 amide bonds. The van der Waals surface area contributed by atoms with E-state index in [1.807, 2.05) is 0 Å². The number of hydrogen-bond acceptors (Lipinski definition) is 5. The van der Waals surface area contributed by atoms with Crippen LogP contribution in [0.3, 0.4) is 0 Å². The van der Waals surface area contributed by atoms with Gasteiger partial charge in [0.2, 0.25) is 5.91 Å². The number of rotatable bonds is 8. The van der Waals surface area contributed by atoms with E-state index >= 15 is 0 Å². The maximum Gasteiger partial charge on any atom is 0.387 e. The number of nitrogens with one attached hydrogen (secondary N) is 1. The quantitative estimate of drug-likeness (QED) is 0.269. The Labute approximate surface area is 189 Å². The largest absolute Gasteiger partial charge is 0.433 e. The molecule has 2 aromatic carbocycles. The maximum atomic E-state index is 12.8. The molecule has 3 aromatic rings. The van der Waals surface area contributed by atoms with Crippen LogP contribution in [0.15, 0.2) is 59.0 Å². The molecule has 1 N–H and O–H groups in total. The van der Waals surface area contributed by atoms with E-state index in [9.17, 15) is 18.4 Å². The highest BCUT2D eigenvalue weighted by Crippen LogP contribution is 2.29. The van der Waals surface area contributed by atoms with Crippen LogP contribution >= 0.6 is 35.0 Å². The third-order valence-electron chi connectivity index (χ3n) is 3.96. The van der Waals surface area contributed by atoms with E-state index in [2.05, 4.69) is 21.6 Å². The summed E-state index contributed by atoms with van der Waals surface area (Å²) in [5.74, 6) is -0.673. The van der Waals surface area contributed by atoms with Crippen molar-refractivity contribution in [3.8, 4) is 5.75 Å². The second kappa shape index (κ2) is 10.1. The van der Waals surface area contributed by atoms with Gasteiger partial charge in [-0.15, -0.1) is 6.58 Å². The Balaban J connectivity index is 1.76. The summed E-state index contributed by atoms with van der Waals surface area (Å²) in [5.41, 5.74) is 0.451. The molecular weight excluding hydrogens is 471 g/mol. The molecule has 11 heteroatoms. The van der Waals surface area contributed by atoms with Gasteiger partial charge in [0.15, 0.2) is 5.16 Å². The van der Waals surface area contributed by atoms with Crippen LogP contribution in [0.4, 0.5) is 14.5 Å². The molecule has 0 saturated heterocycles. The first kappa shape index (κ1) is 23.1. The lowest BCUT2D eigenvalue weighted by atomic mass is 10.2. The number of allylic oxidation sites excluding steroid dienone is 1. The summed E-state index contributed by atoms with van der Waals surface area (Å²) in [4.78, 5) is 29.6. The number of hydrogen-bond donors (Lipinski definition) is 1. The molecule has 3 rings (SSSR count). The minimum atomic E-state index is -3.01. The van der Waals surface area contributed by atoms with E-state index in [0.29, 0.717) is 26.8 Å². The van der Waals surface area contributed by atoms with E-state index in [1.165, 1.54) is 22.8 Å². The monoisotopic (exact) mass is 485 g/mol. The highest BCUT2D eigenvalue weighted by molar-refractivity contribution is 7.99. The van der Waals surface area contributed by atoms with Crippen LogP contribution in [0.1, 0.15) is 0 Å². The zero-order valence-corrected chi connectivity index (χ0v) is 18.1. The molecule has 0 fully saturated rings. The first-order chi connectivity index (χ1) is 14.8. The number of amides is 1. The summed E-state index contributed by atoms with van der Waals surface area (Å²) in [6, 6.07) is 8.69. The van der Waals surface area contributed by atoms with Crippen molar-refractivity contribution in [2.45, 2.75) is 18.3 Å². The first-order valence-electron chi connectivity index (χ1n) is 8.76. The number of ether oxygens (including phenoxy) is 1. The number of nitrogens with zero attached hydrogens (tertiary/aromatic N) is 2. The molecular formula is C20H15Cl2F2N3O3S.